The smallest absolute Gasteiger partial charge is 0.399 e. The van der Waals surface area contributed by atoms with Crippen LogP contribution in [0.5, 0.6) is 0 Å². The average Bonchev–Trinajstić information content (AvgIpc) is 2.59. The highest BCUT2D eigenvalue weighted by Crippen LogP contribution is 2.36. The highest BCUT2D eigenvalue weighted by molar-refractivity contribution is 6.62. The fourth-order valence-electron chi connectivity index (χ4n) is 2.22. The van der Waals surface area contributed by atoms with Gasteiger partial charge in [0.2, 0.25) is 0 Å². The summed E-state index contributed by atoms with van der Waals surface area (Å²) >= 11 is 0. The second kappa shape index (κ2) is 5.98. The van der Waals surface area contributed by atoms with E-state index in [1.54, 1.807) is 0 Å². The van der Waals surface area contributed by atoms with Gasteiger partial charge in [-0.1, -0.05) is 50.3 Å². The lowest BCUT2D eigenvalue weighted by molar-refractivity contribution is 0.00578. The van der Waals surface area contributed by atoms with Crippen LogP contribution in [0, 0.1) is 5.92 Å². The molecule has 1 aliphatic rings. The first kappa shape index (κ1) is 16.3. The van der Waals surface area contributed by atoms with E-state index in [1.165, 1.54) is 5.56 Å². The van der Waals surface area contributed by atoms with Crippen molar-refractivity contribution in [1.82, 2.24) is 0 Å². The van der Waals surface area contributed by atoms with E-state index in [-0.39, 0.29) is 18.3 Å². The highest BCUT2D eigenvalue weighted by atomic mass is 16.7. The van der Waals surface area contributed by atoms with Gasteiger partial charge in [-0.2, -0.15) is 0 Å². The molecule has 114 valence electrons. The number of hydrogen-bond donors (Lipinski definition) is 0. The van der Waals surface area contributed by atoms with Crippen molar-refractivity contribution in [3.05, 3.63) is 35.9 Å². The Hall–Kier alpha value is -1.06. The summed E-state index contributed by atoms with van der Waals surface area (Å²) in [6, 6.07) is 8.43. The van der Waals surface area contributed by atoms with E-state index < -0.39 is 0 Å². The summed E-state index contributed by atoms with van der Waals surface area (Å²) in [6.45, 7) is 12.8. The average molecular weight is 286 g/mol. The van der Waals surface area contributed by atoms with Gasteiger partial charge in [-0.3, -0.25) is 0 Å². The Morgan fingerprint density at radius 2 is 1.52 bits per heavy atom. The molecule has 0 radical (unpaired) electrons. The molecule has 0 bridgehead atoms. The van der Waals surface area contributed by atoms with Crippen LogP contribution in [0.25, 0.3) is 6.08 Å². The van der Waals surface area contributed by atoms with Gasteiger partial charge in [0, 0.05) is 0 Å². The number of rotatable bonds is 4. The van der Waals surface area contributed by atoms with Gasteiger partial charge in [0.15, 0.2) is 0 Å². The molecule has 1 aromatic rings. The van der Waals surface area contributed by atoms with Crippen LogP contribution in [-0.4, -0.2) is 18.3 Å². The van der Waals surface area contributed by atoms with Crippen molar-refractivity contribution >= 4 is 18.7 Å². The van der Waals surface area contributed by atoms with E-state index >= 15 is 0 Å². The van der Waals surface area contributed by atoms with E-state index in [4.69, 9.17) is 9.31 Å². The topological polar surface area (TPSA) is 18.5 Å². The lowest BCUT2D eigenvalue weighted by Gasteiger charge is -2.32. The summed E-state index contributed by atoms with van der Waals surface area (Å²) < 4.78 is 12.1. The zero-order chi connectivity index (χ0) is 15.7. The minimum atomic E-state index is -0.284. The van der Waals surface area contributed by atoms with Crippen molar-refractivity contribution in [1.29, 1.82) is 0 Å². The molecule has 2 rings (SSSR count). The molecule has 0 unspecified atom stereocenters. The molecule has 1 saturated heterocycles. The van der Waals surface area contributed by atoms with Crippen molar-refractivity contribution in [3.63, 3.8) is 0 Å². The van der Waals surface area contributed by atoms with Crippen LogP contribution < -0.4 is 5.46 Å². The Labute approximate surface area is 129 Å². The maximum atomic E-state index is 6.06. The Morgan fingerprint density at radius 1 is 1.00 bits per heavy atom. The van der Waals surface area contributed by atoms with Gasteiger partial charge >= 0.3 is 7.12 Å². The van der Waals surface area contributed by atoms with Crippen LogP contribution in [0.2, 0.25) is 0 Å². The molecule has 1 heterocycles. The molecule has 21 heavy (non-hydrogen) atoms. The quantitative estimate of drug-likeness (QED) is 0.778. The Morgan fingerprint density at radius 3 is 2.00 bits per heavy atom. The van der Waals surface area contributed by atoms with Gasteiger partial charge in [0.1, 0.15) is 0 Å². The second-order valence-corrected chi connectivity index (χ2v) is 7.29. The van der Waals surface area contributed by atoms with Crippen molar-refractivity contribution in [2.24, 2.45) is 5.92 Å². The first-order chi connectivity index (χ1) is 9.71. The third-order valence-corrected chi connectivity index (χ3v) is 4.38. The maximum absolute atomic E-state index is 6.06. The van der Waals surface area contributed by atoms with Gasteiger partial charge in [0.25, 0.3) is 0 Å². The highest BCUT2D eigenvalue weighted by Gasteiger charge is 2.51. The largest absolute Gasteiger partial charge is 0.494 e. The van der Waals surface area contributed by atoms with E-state index in [1.807, 2.05) is 0 Å². The first-order valence-corrected chi connectivity index (χ1v) is 7.83. The molecule has 0 atom stereocenters. The van der Waals surface area contributed by atoms with Crippen molar-refractivity contribution in [2.45, 2.75) is 59.2 Å². The third-order valence-electron chi connectivity index (χ3n) is 4.38. The molecule has 0 amide bonds. The first-order valence-electron chi connectivity index (χ1n) is 7.83. The predicted molar refractivity (Wildman–Crippen MR) is 90.6 cm³/mol. The Balaban J connectivity index is 2.05. The summed E-state index contributed by atoms with van der Waals surface area (Å²) in [5.41, 5.74) is 1.73. The number of allylic oxidation sites excluding steroid dienone is 1. The van der Waals surface area contributed by atoms with E-state index in [9.17, 15) is 0 Å². The summed E-state index contributed by atoms with van der Waals surface area (Å²) in [5, 5.41) is 0. The van der Waals surface area contributed by atoms with Crippen LogP contribution in [0.3, 0.4) is 0 Å². The summed E-state index contributed by atoms with van der Waals surface area (Å²) in [4.78, 5) is 0. The fourth-order valence-corrected chi connectivity index (χ4v) is 2.22. The van der Waals surface area contributed by atoms with Crippen LogP contribution in [0.15, 0.2) is 30.3 Å². The SMILES string of the molecule is CC(C)C/C=C/c1ccc(B2OC(C)(C)C(C)(C)O2)cc1. The summed E-state index contributed by atoms with van der Waals surface area (Å²) in [6.07, 6.45) is 5.52. The molecular weight excluding hydrogens is 259 g/mol. The molecule has 2 nitrogen and oxygen atoms in total. The van der Waals surface area contributed by atoms with Gasteiger partial charge in [-0.25, -0.2) is 0 Å². The maximum Gasteiger partial charge on any atom is 0.494 e. The Kier molecular flexibility index (Phi) is 4.65. The van der Waals surface area contributed by atoms with Crippen LogP contribution >= 0.6 is 0 Å². The van der Waals surface area contributed by atoms with Crippen molar-refractivity contribution < 1.29 is 9.31 Å². The third kappa shape index (κ3) is 3.78. The van der Waals surface area contributed by atoms with Gasteiger partial charge < -0.3 is 9.31 Å². The molecule has 1 aliphatic heterocycles. The van der Waals surface area contributed by atoms with Crippen LogP contribution in [0.4, 0.5) is 0 Å². The molecule has 0 aromatic heterocycles. The minimum Gasteiger partial charge on any atom is -0.399 e. The van der Waals surface area contributed by atoms with Gasteiger partial charge in [0.05, 0.1) is 11.2 Å². The molecule has 0 spiro atoms. The van der Waals surface area contributed by atoms with E-state index in [0.29, 0.717) is 5.92 Å². The minimum absolute atomic E-state index is 0.274. The zero-order valence-corrected chi connectivity index (χ0v) is 14.1. The number of benzene rings is 1. The zero-order valence-electron chi connectivity index (χ0n) is 14.1. The fraction of sp³-hybridized carbons (Fsp3) is 0.556. The molecule has 1 fully saturated rings. The molecule has 0 saturated carbocycles. The number of hydrogen-bond acceptors (Lipinski definition) is 2. The Bertz CT molecular complexity index is 484. The van der Waals surface area contributed by atoms with Crippen molar-refractivity contribution in [2.75, 3.05) is 0 Å². The van der Waals surface area contributed by atoms with Gasteiger partial charge in [-0.15, -0.1) is 0 Å². The van der Waals surface area contributed by atoms with Crippen LogP contribution in [-0.2, 0) is 9.31 Å². The molecular formula is C18H27BO2. The van der Waals surface area contributed by atoms with Crippen LogP contribution in [0.1, 0.15) is 53.5 Å². The van der Waals surface area contributed by atoms with E-state index in [0.717, 1.165) is 11.9 Å². The standard InChI is InChI=1S/C18H27BO2/c1-14(2)8-7-9-15-10-12-16(13-11-15)19-20-17(3,4)18(5,6)21-19/h7,9-14H,8H2,1-6H3/b9-7+. The summed E-state index contributed by atoms with van der Waals surface area (Å²) in [5.74, 6) is 0.699. The molecule has 0 N–H and O–H groups in total. The predicted octanol–water partition coefficient (Wildman–Crippen LogP) is 4.05. The monoisotopic (exact) mass is 286 g/mol. The van der Waals surface area contributed by atoms with E-state index in [2.05, 4.69) is 78.0 Å². The lowest BCUT2D eigenvalue weighted by Crippen LogP contribution is -2.41. The van der Waals surface area contributed by atoms with Crippen molar-refractivity contribution in [3.8, 4) is 0 Å². The molecule has 0 aliphatic carbocycles. The molecule has 1 aromatic carbocycles. The summed E-state index contributed by atoms with van der Waals surface area (Å²) in [7, 11) is -0.274. The second-order valence-electron chi connectivity index (χ2n) is 7.29. The normalized spacial score (nSPS) is 20.6. The van der Waals surface area contributed by atoms with Gasteiger partial charge in [-0.05, 0) is 51.1 Å². The molecule has 3 heteroatoms. The lowest BCUT2D eigenvalue weighted by atomic mass is 9.79.